The lowest BCUT2D eigenvalue weighted by Crippen LogP contribution is -2.29. The minimum Gasteiger partial charge on any atom is -0.486 e. The number of aromatic nitrogens is 2. The van der Waals surface area contributed by atoms with Crippen LogP contribution in [0, 0.1) is 0 Å². The molecule has 0 spiro atoms. The molecular formula is C14H15N3O5S. The van der Waals surface area contributed by atoms with Crippen molar-refractivity contribution >= 4 is 10.0 Å². The molecule has 0 radical (unpaired) electrons. The van der Waals surface area contributed by atoms with Crippen LogP contribution in [0.25, 0.3) is 0 Å². The summed E-state index contributed by atoms with van der Waals surface area (Å²) in [4.78, 5) is 4.21. The van der Waals surface area contributed by atoms with Crippen LogP contribution in [0.2, 0.25) is 0 Å². The molecule has 0 bridgehead atoms. The van der Waals surface area contributed by atoms with Gasteiger partial charge in [0.1, 0.15) is 13.2 Å². The number of benzene rings is 1. The first-order chi connectivity index (χ1) is 11.1. The fourth-order valence-corrected chi connectivity index (χ4v) is 4.37. The largest absolute Gasteiger partial charge is 0.486 e. The summed E-state index contributed by atoms with van der Waals surface area (Å²) in [6.45, 7) is 1.66. The van der Waals surface area contributed by atoms with Crippen molar-refractivity contribution in [3.8, 4) is 11.5 Å². The molecule has 1 fully saturated rings. The standard InChI is InChI=1S/C14H15N3O5S/c18-23(19,11-1-2-12-13(7-11)21-6-5-20-12)17-4-3-10(8-17)14-15-9-22-16-14/h1-2,7,9-10H,3-6,8H2/t10-/m1/s1. The highest BCUT2D eigenvalue weighted by Crippen LogP contribution is 2.35. The number of ether oxygens (including phenoxy) is 2. The number of rotatable bonds is 3. The van der Waals surface area contributed by atoms with Crippen LogP contribution in [-0.2, 0) is 10.0 Å². The van der Waals surface area contributed by atoms with E-state index < -0.39 is 10.0 Å². The molecule has 0 amide bonds. The van der Waals surface area contributed by atoms with Crippen molar-refractivity contribution in [2.24, 2.45) is 0 Å². The Balaban J connectivity index is 1.58. The van der Waals surface area contributed by atoms with Crippen molar-refractivity contribution in [3.05, 3.63) is 30.4 Å². The van der Waals surface area contributed by atoms with Gasteiger partial charge in [-0.15, -0.1) is 0 Å². The summed E-state index contributed by atoms with van der Waals surface area (Å²) < 4.78 is 42.7. The topological polar surface area (TPSA) is 94.8 Å². The molecule has 1 saturated heterocycles. The second kappa shape index (κ2) is 5.50. The average molecular weight is 337 g/mol. The fraction of sp³-hybridized carbons (Fsp3) is 0.429. The Hall–Kier alpha value is -2.13. The molecule has 2 aromatic rings. The van der Waals surface area contributed by atoms with Gasteiger partial charge in [0.2, 0.25) is 16.4 Å². The van der Waals surface area contributed by atoms with Crippen LogP contribution in [0.5, 0.6) is 11.5 Å². The summed E-state index contributed by atoms with van der Waals surface area (Å²) in [5.74, 6) is 1.54. The fourth-order valence-electron chi connectivity index (χ4n) is 2.85. The van der Waals surface area contributed by atoms with Crippen LogP contribution < -0.4 is 9.47 Å². The molecule has 122 valence electrons. The summed E-state index contributed by atoms with van der Waals surface area (Å²) >= 11 is 0. The van der Waals surface area contributed by atoms with Crippen LogP contribution in [-0.4, -0.2) is 49.2 Å². The summed E-state index contributed by atoms with van der Waals surface area (Å²) in [6, 6.07) is 4.70. The molecule has 8 nitrogen and oxygen atoms in total. The maximum absolute atomic E-state index is 12.8. The monoisotopic (exact) mass is 337 g/mol. The zero-order valence-corrected chi connectivity index (χ0v) is 13.0. The molecule has 0 aliphatic carbocycles. The van der Waals surface area contributed by atoms with Gasteiger partial charge in [0.25, 0.3) is 0 Å². The van der Waals surface area contributed by atoms with Crippen molar-refractivity contribution in [2.45, 2.75) is 17.2 Å². The van der Waals surface area contributed by atoms with Crippen LogP contribution in [0.4, 0.5) is 0 Å². The highest BCUT2D eigenvalue weighted by Gasteiger charge is 2.35. The Labute approximate surface area is 133 Å². The maximum atomic E-state index is 12.8. The second-order valence-electron chi connectivity index (χ2n) is 5.44. The van der Waals surface area contributed by atoms with Gasteiger partial charge in [-0.2, -0.15) is 9.29 Å². The van der Waals surface area contributed by atoms with E-state index in [4.69, 9.17) is 14.0 Å². The van der Waals surface area contributed by atoms with Crippen LogP contribution >= 0.6 is 0 Å². The summed E-state index contributed by atoms with van der Waals surface area (Å²) in [5, 5.41) is 3.80. The van der Waals surface area contributed by atoms with Crippen molar-refractivity contribution < 1.29 is 22.4 Å². The predicted molar refractivity (Wildman–Crippen MR) is 77.8 cm³/mol. The quantitative estimate of drug-likeness (QED) is 0.825. The molecule has 2 aliphatic rings. The van der Waals surface area contributed by atoms with E-state index in [1.165, 1.54) is 16.8 Å². The van der Waals surface area contributed by atoms with Crippen molar-refractivity contribution in [2.75, 3.05) is 26.3 Å². The molecule has 1 atom stereocenters. The normalized spacial score (nSPS) is 21.5. The molecular weight excluding hydrogens is 322 g/mol. The van der Waals surface area contributed by atoms with Crippen LogP contribution in [0.1, 0.15) is 18.2 Å². The lowest BCUT2D eigenvalue weighted by Gasteiger charge is -2.21. The molecule has 1 aromatic heterocycles. The van der Waals surface area contributed by atoms with E-state index in [-0.39, 0.29) is 10.8 Å². The Kier molecular flexibility index (Phi) is 3.46. The van der Waals surface area contributed by atoms with Crippen molar-refractivity contribution in [1.29, 1.82) is 0 Å². The van der Waals surface area contributed by atoms with E-state index in [9.17, 15) is 8.42 Å². The van der Waals surface area contributed by atoms with E-state index in [0.29, 0.717) is 50.0 Å². The van der Waals surface area contributed by atoms with Gasteiger partial charge in [0.15, 0.2) is 17.3 Å². The Bertz CT molecular complexity index is 806. The predicted octanol–water partition coefficient (Wildman–Crippen LogP) is 1.02. The lowest BCUT2D eigenvalue weighted by molar-refractivity contribution is 0.171. The van der Waals surface area contributed by atoms with Gasteiger partial charge in [-0.1, -0.05) is 5.16 Å². The molecule has 0 saturated carbocycles. The highest BCUT2D eigenvalue weighted by atomic mass is 32.2. The number of nitrogens with zero attached hydrogens (tertiary/aromatic N) is 3. The minimum absolute atomic E-state index is 0.0410. The van der Waals surface area contributed by atoms with Crippen LogP contribution in [0.15, 0.2) is 34.0 Å². The molecule has 23 heavy (non-hydrogen) atoms. The molecule has 2 aliphatic heterocycles. The van der Waals surface area contributed by atoms with E-state index in [2.05, 4.69) is 10.1 Å². The number of hydrogen-bond acceptors (Lipinski definition) is 7. The maximum Gasteiger partial charge on any atom is 0.243 e. The van der Waals surface area contributed by atoms with Gasteiger partial charge in [-0.05, 0) is 18.6 Å². The van der Waals surface area contributed by atoms with Gasteiger partial charge < -0.3 is 14.0 Å². The third kappa shape index (κ3) is 2.55. The molecule has 9 heteroatoms. The van der Waals surface area contributed by atoms with E-state index in [0.717, 1.165) is 0 Å². The van der Waals surface area contributed by atoms with E-state index in [1.54, 1.807) is 12.1 Å². The van der Waals surface area contributed by atoms with Gasteiger partial charge in [0, 0.05) is 25.1 Å². The lowest BCUT2D eigenvalue weighted by atomic mass is 10.1. The third-order valence-corrected chi connectivity index (χ3v) is 5.91. The minimum atomic E-state index is -3.58. The summed E-state index contributed by atoms with van der Waals surface area (Å²) in [7, 11) is -3.58. The van der Waals surface area contributed by atoms with Gasteiger partial charge in [-0.3, -0.25) is 0 Å². The van der Waals surface area contributed by atoms with Gasteiger partial charge >= 0.3 is 0 Å². The van der Waals surface area contributed by atoms with Crippen LogP contribution in [0.3, 0.4) is 0 Å². The smallest absolute Gasteiger partial charge is 0.243 e. The zero-order chi connectivity index (χ0) is 15.9. The Morgan fingerprint density at radius 1 is 1.17 bits per heavy atom. The Morgan fingerprint density at radius 3 is 2.78 bits per heavy atom. The summed E-state index contributed by atoms with van der Waals surface area (Å²) in [5.41, 5.74) is 0. The first kappa shape index (κ1) is 14.5. The molecule has 1 aromatic carbocycles. The second-order valence-corrected chi connectivity index (χ2v) is 7.38. The molecule has 4 rings (SSSR count). The number of sulfonamides is 1. The zero-order valence-electron chi connectivity index (χ0n) is 12.2. The third-order valence-electron chi connectivity index (χ3n) is 4.05. The van der Waals surface area contributed by atoms with Crippen molar-refractivity contribution in [3.63, 3.8) is 0 Å². The van der Waals surface area contributed by atoms with Gasteiger partial charge in [0.05, 0.1) is 4.90 Å². The molecule has 3 heterocycles. The van der Waals surface area contributed by atoms with Crippen molar-refractivity contribution in [1.82, 2.24) is 14.4 Å². The SMILES string of the molecule is O=S(=O)(c1ccc2c(c1)OCCO2)N1CC[C@@H](c2ncon2)C1. The number of hydrogen-bond donors (Lipinski definition) is 0. The van der Waals surface area contributed by atoms with Gasteiger partial charge in [-0.25, -0.2) is 8.42 Å². The Morgan fingerprint density at radius 2 is 2.00 bits per heavy atom. The van der Waals surface area contributed by atoms with E-state index in [1.807, 2.05) is 0 Å². The highest BCUT2D eigenvalue weighted by molar-refractivity contribution is 7.89. The summed E-state index contributed by atoms with van der Waals surface area (Å²) in [6.07, 6.45) is 1.93. The van der Waals surface area contributed by atoms with E-state index >= 15 is 0 Å². The number of fused-ring (bicyclic) bond motifs is 1. The average Bonchev–Trinajstić information content (AvgIpc) is 3.25. The first-order valence-electron chi connectivity index (χ1n) is 7.30. The molecule has 0 unspecified atom stereocenters. The first-order valence-corrected chi connectivity index (χ1v) is 8.75. The molecule has 0 N–H and O–H groups in total.